The summed E-state index contributed by atoms with van der Waals surface area (Å²) in [6, 6.07) is 7.07. The van der Waals surface area contributed by atoms with Gasteiger partial charge in [0, 0.05) is 16.8 Å². The molecule has 0 saturated heterocycles. The van der Waals surface area contributed by atoms with E-state index in [1.807, 2.05) is 19.1 Å². The zero-order chi connectivity index (χ0) is 10.6. The average Bonchev–Trinajstić information content (AvgIpc) is 2.07. The molecular weight excluding hydrogens is 202 g/mol. The molecule has 1 aromatic carbocycles. The largest absolute Gasteiger partial charge is 0.481 e. The molecule has 2 N–H and O–H groups in total. The maximum absolute atomic E-state index is 10.4. The Morgan fingerprint density at radius 3 is 2.57 bits per heavy atom. The number of aliphatic carboxylic acids is 1. The van der Waals surface area contributed by atoms with Crippen LogP contribution in [-0.4, -0.2) is 17.1 Å². The van der Waals surface area contributed by atoms with E-state index in [2.05, 4.69) is 5.32 Å². The van der Waals surface area contributed by atoms with Gasteiger partial charge in [-0.3, -0.25) is 4.79 Å². The highest BCUT2D eigenvalue weighted by molar-refractivity contribution is 6.30. The molecule has 14 heavy (non-hydrogen) atoms. The zero-order valence-electron chi connectivity index (χ0n) is 7.83. The summed E-state index contributed by atoms with van der Waals surface area (Å²) in [5.74, 6) is -0.807. The third-order valence-electron chi connectivity index (χ3n) is 1.74. The summed E-state index contributed by atoms with van der Waals surface area (Å²) < 4.78 is 0. The molecule has 0 fully saturated rings. The van der Waals surface area contributed by atoms with Crippen molar-refractivity contribution in [2.75, 3.05) is 5.32 Å². The average molecular weight is 214 g/mol. The Morgan fingerprint density at radius 2 is 2.07 bits per heavy atom. The van der Waals surface area contributed by atoms with Gasteiger partial charge in [0.15, 0.2) is 0 Å². The molecule has 0 aromatic heterocycles. The van der Waals surface area contributed by atoms with Crippen molar-refractivity contribution in [1.29, 1.82) is 0 Å². The minimum atomic E-state index is -0.807. The van der Waals surface area contributed by atoms with Crippen LogP contribution in [0.15, 0.2) is 24.3 Å². The molecule has 0 aliphatic rings. The van der Waals surface area contributed by atoms with Crippen molar-refractivity contribution in [2.45, 2.75) is 19.4 Å². The van der Waals surface area contributed by atoms with Crippen molar-refractivity contribution in [3.05, 3.63) is 29.3 Å². The summed E-state index contributed by atoms with van der Waals surface area (Å²) in [7, 11) is 0. The summed E-state index contributed by atoms with van der Waals surface area (Å²) in [6.45, 7) is 1.82. The van der Waals surface area contributed by atoms with Crippen molar-refractivity contribution < 1.29 is 9.90 Å². The Kier molecular flexibility index (Phi) is 3.77. The molecule has 0 heterocycles. The fraction of sp³-hybridized carbons (Fsp3) is 0.300. The standard InChI is InChI=1S/C10H12ClNO2/c1-7(6-10(13)14)12-9-4-2-8(11)3-5-9/h2-5,7,12H,6H2,1H3,(H,13,14)/t7-/m1/s1. The summed E-state index contributed by atoms with van der Waals surface area (Å²) in [4.78, 5) is 10.4. The van der Waals surface area contributed by atoms with Gasteiger partial charge >= 0.3 is 5.97 Å². The molecule has 0 spiro atoms. The van der Waals surface area contributed by atoms with Crippen LogP contribution >= 0.6 is 11.6 Å². The van der Waals surface area contributed by atoms with E-state index in [4.69, 9.17) is 16.7 Å². The van der Waals surface area contributed by atoms with Crippen LogP contribution in [0.2, 0.25) is 5.02 Å². The third-order valence-corrected chi connectivity index (χ3v) is 1.99. The number of carbonyl (C=O) groups is 1. The molecule has 0 radical (unpaired) electrons. The number of rotatable bonds is 4. The molecule has 0 amide bonds. The van der Waals surface area contributed by atoms with Crippen molar-refractivity contribution in [3.8, 4) is 0 Å². The molecule has 0 aliphatic heterocycles. The van der Waals surface area contributed by atoms with Crippen molar-refractivity contribution in [2.24, 2.45) is 0 Å². The van der Waals surface area contributed by atoms with E-state index in [0.717, 1.165) is 5.69 Å². The number of anilines is 1. The van der Waals surface area contributed by atoms with Crippen molar-refractivity contribution in [1.82, 2.24) is 0 Å². The molecule has 76 valence electrons. The number of carboxylic acids is 1. The molecule has 0 unspecified atom stereocenters. The van der Waals surface area contributed by atoms with E-state index in [9.17, 15) is 4.79 Å². The predicted molar refractivity (Wildman–Crippen MR) is 56.8 cm³/mol. The lowest BCUT2D eigenvalue weighted by atomic mass is 10.2. The van der Waals surface area contributed by atoms with Gasteiger partial charge in [0.2, 0.25) is 0 Å². The number of benzene rings is 1. The first-order valence-electron chi connectivity index (χ1n) is 4.32. The van der Waals surface area contributed by atoms with Gasteiger partial charge in [0.25, 0.3) is 0 Å². The van der Waals surface area contributed by atoms with Gasteiger partial charge in [0.05, 0.1) is 6.42 Å². The van der Waals surface area contributed by atoms with Crippen LogP contribution < -0.4 is 5.32 Å². The normalized spacial score (nSPS) is 12.1. The van der Waals surface area contributed by atoms with Crippen LogP contribution in [0.25, 0.3) is 0 Å². The Hall–Kier alpha value is -1.22. The van der Waals surface area contributed by atoms with E-state index >= 15 is 0 Å². The fourth-order valence-corrected chi connectivity index (χ4v) is 1.27. The van der Waals surface area contributed by atoms with E-state index in [-0.39, 0.29) is 12.5 Å². The van der Waals surface area contributed by atoms with Crippen LogP contribution in [0, 0.1) is 0 Å². The predicted octanol–water partition coefficient (Wildman–Crippen LogP) is 2.62. The molecule has 0 aliphatic carbocycles. The van der Waals surface area contributed by atoms with Gasteiger partial charge in [-0.2, -0.15) is 0 Å². The number of nitrogens with one attached hydrogen (secondary N) is 1. The van der Waals surface area contributed by atoms with Gasteiger partial charge in [-0.1, -0.05) is 11.6 Å². The molecule has 1 rings (SSSR count). The lowest BCUT2D eigenvalue weighted by Crippen LogP contribution is -2.19. The van der Waals surface area contributed by atoms with Gasteiger partial charge in [-0.05, 0) is 31.2 Å². The number of carboxylic acid groups (broad SMARTS) is 1. The first-order valence-corrected chi connectivity index (χ1v) is 4.69. The highest BCUT2D eigenvalue weighted by Crippen LogP contribution is 2.14. The molecule has 4 heteroatoms. The van der Waals surface area contributed by atoms with Crippen LogP contribution in [0.3, 0.4) is 0 Å². The smallest absolute Gasteiger partial charge is 0.305 e. The van der Waals surface area contributed by atoms with E-state index < -0.39 is 5.97 Å². The Balaban J connectivity index is 2.51. The van der Waals surface area contributed by atoms with E-state index in [1.165, 1.54) is 0 Å². The topological polar surface area (TPSA) is 49.3 Å². The molecule has 1 aromatic rings. The Bertz CT molecular complexity index is 310. The second-order valence-corrected chi connectivity index (χ2v) is 3.59. The highest BCUT2D eigenvalue weighted by atomic mass is 35.5. The Morgan fingerprint density at radius 1 is 1.50 bits per heavy atom. The third kappa shape index (κ3) is 3.66. The summed E-state index contributed by atoms with van der Waals surface area (Å²) in [5, 5.41) is 12.3. The van der Waals surface area contributed by atoms with Gasteiger partial charge < -0.3 is 10.4 Å². The summed E-state index contributed by atoms with van der Waals surface area (Å²) in [5.41, 5.74) is 0.878. The van der Waals surface area contributed by atoms with E-state index in [0.29, 0.717) is 5.02 Å². The van der Waals surface area contributed by atoms with Crippen molar-refractivity contribution in [3.63, 3.8) is 0 Å². The lowest BCUT2D eigenvalue weighted by Gasteiger charge is -2.12. The maximum atomic E-state index is 10.4. The van der Waals surface area contributed by atoms with Crippen LogP contribution in [0.1, 0.15) is 13.3 Å². The molecular formula is C10H12ClNO2. The molecule has 1 atom stereocenters. The quantitative estimate of drug-likeness (QED) is 0.809. The Labute approximate surface area is 87.7 Å². The number of hydrogen-bond donors (Lipinski definition) is 2. The van der Waals surface area contributed by atoms with Gasteiger partial charge in [-0.15, -0.1) is 0 Å². The van der Waals surface area contributed by atoms with Crippen LogP contribution in [0.5, 0.6) is 0 Å². The van der Waals surface area contributed by atoms with Crippen LogP contribution in [-0.2, 0) is 4.79 Å². The minimum absolute atomic E-state index is 0.0892. The number of hydrogen-bond acceptors (Lipinski definition) is 2. The fourth-order valence-electron chi connectivity index (χ4n) is 1.14. The molecule has 0 saturated carbocycles. The maximum Gasteiger partial charge on any atom is 0.305 e. The summed E-state index contributed by atoms with van der Waals surface area (Å²) >= 11 is 5.71. The minimum Gasteiger partial charge on any atom is -0.481 e. The molecule has 3 nitrogen and oxygen atoms in total. The van der Waals surface area contributed by atoms with Crippen molar-refractivity contribution >= 4 is 23.3 Å². The van der Waals surface area contributed by atoms with Crippen LogP contribution in [0.4, 0.5) is 5.69 Å². The lowest BCUT2D eigenvalue weighted by molar-refractivity contribution is -0.137. The van der Waals surface area contributed by atoms with Gasteiger partial charge in [-0.25, -0.2) is 0 Å². The monoisotopic (exact) mass is 213 g/mol. The zero-order valence-corrected chi connectivity index (χ0v) is 8.58. The summed E-state index contributed by atoms with van der Waals surface area (Å²) in [6.07, 6.45) is 0.0998. The highest BCUT2D eigenvalue weighted by Gasteiger charge is 2.06. The van der Waals surface area contributed by atoms with E-state index in [1.54, 1.807) is 12.1 Å². The second-order valence-electron chi connectivity index (χ2n) is 3.15. The first kappa shape index (κ1) is 10.9. The first-order chi connectivity index (χ1) is 6.58. The second kappa shape index (κ2) is 4.86. The molecule has 0 bridgehead atoms. The number of halogens is 1. The van der Waals surface area contributed by atoms with Gasteiger partial charge in [0.1, 0.15) is 0 Å². The SMILES string of the molecule is C[C@H](CC(=O)O)Nc1ccc(Cl)cc1.